The van der Waals surface area contributed by atoms with E-state index in [2.05, 4.69) is 12.6 Å². The van der Waals surface area contributed by atoms with Crippen LogP contribution in [0.1, 0.15) is 0 Å². The van der Waals surface area contributed by atoms with E-state index < -0.39 is 36.8 Å². The van der Waals surface area contributed by atoms with Crippen molar-refractivity contribution in [2.75, 3.05) is 13.2 Å². The standard InChI is InChI=1S/C6H14O5S/c7-1-3(9)5(11)6(12)4(10)2-8/h3-12H,1-2H2/t3-,4-,5-,6+/m1/s1. The molecule has 0 unspecified atom stereocenters. The van der Waals surface area contributed by atoms with E-state index in [1.165, 1.54) is 0 Å². The minimum atomic E-state index is -1.36. The molecule has 0 fully saturated rings. The van der Waals surface area contributed by atoms with Gasteiger partial charge in [-0.05, 0) is 0 Å². The highest BCUT2D eigenvalue weighted by Crippen LogP contribution is 2.10. The highest BCUT2D eigenvalue weighted by molar-refractivity contribution is 7.81. The van der Waals surface area contributed by atoms with Crippen LogP contribution in [0.3, 0.4) is 0 Å². The predicted molar refractivity (Wildman–Crippen MR) is 45.0 cm³/mol. The Kier molecular flexibility index (Phi) is 5.81. The Bertz CT molecular complexity index is 109. The van der Waals surface area contributed by atoms with Crippen molar-refractivity contribution in [2.24, 2.45) is 0 Å². The van der Waals surface area contributed by atoms with Crippen LogP contribution in [-0.4, -0.2) is 62.3 Å². The highest BCUT2D eigenvalue weighted by Gasteiger charge is 2.28. The predicted octanol–water partition coefficient (Wildman–Crippen LogP) is -2.65. The number of hydrogen-bond donors (Lipinski definition) is 6. The van der Waals surface area contributed by atoms with Gasteiger partial charge in [-0.3, -0.25) is 0 Å². The van der Waals surface area contributed by atoms with Crippen LogP contribution in [-0.2, 0) is 0 Å². The first-order valence-electron chi connectivity index (χ1n) is 3.48. The van der Waals surface area contributed by atoms with Crippen molar-refractivity contribution in [2.45, 2.75) is 23.6 Å². The summed E-state index contributed by atoms with van der Waals surface area (Å²) in [5.41, 5.74) is 0. The van der Waals surface area contributed by atoms with Crippen molar-refractivity contribution in [3.63, 3.8) is 0 Å². The van der Waals surface area contributed by atoms with E-state index in [4.69, 9.17) is 25.5 Å². The molecular formula is C6H14O5S. The lowest BCUT2D eigenvalue weighted by Crippen LogP contribution is -2.44. The Balaban J connectivity index is 3.99. The number of aliphatic hydroxyl groups is 5. The van der Waals surface area contributed by atoms with Crippen molar-refractivity contribution in [3.05, 3.63) is 0 Å². The van der Waals surface area contributed by atoms with Gasteiger partial charge in [-0.2, -0.15) is 12.6 Å². The van der Waals surface area contributed by atoms with Gasteiger partial charge in [0, 0.05) is 0 Å². The second kappa shape index (κ2) is 5.74. The van der Waals surface area contributed by atoms with Crippen LogP contribution >= 0.6 is 12.6 Å². The molecule has 0 heterocycles. The average molecular weight is 198 g/mol. The van der Waals surface area contributed by atoms with Crippen molar-refractivity contribution >= 4 is 12.6 Å². The van der Waals surface area contributed by atoms with Crippen molar-refractivity contribution < 1.29 is 25.5 Å². The molecule has 0 aromatic rings. The molecule has 0 aliphatic carbocycles. The van der Waals surface area contributed by atoms with E-state index >= 15 is 0 Å². The summed E-state index contributed by atoms with van der Waals surface area (Å²) in [6, 6.07) is 0. The average Bonchev–Trinajstić information content (AvgIpc) is 2.12. The third kappa shape index (κ3) is 3.26. The largest absolute Gasteiger partial charge is 0.394 e. The summed E-state index contributed by atoms with van der Waals surface area (Å²) in [6.45, 7) is -1.17. The molecule has 0 saturated heterocycles. The lowest BCUT2D eigenvalue weighted by atomic mass is 10.1. The molecule has 0 saturated carbocycles. The molecule has 0 aliphatic rings. The molecule has 0 rings (SSSR count). The van der Waals surface area contributed by atoms with Crippen LogP contribution in [0.25, 0.3) is 0 Å². The molecule has 0 aliphatic heterocycles. The summed E-state index contributed by atoms with van der Waals surface area (Å²) in [5, 5.41) is 42.9. The summed E-state index contributed by atoms with van der Waals surface area (Å²) in [7, 11) is 0. The molecule has 5 nitrogen and oxygen atoms in total. The molecule has 12 heavy (non-hydrogen) atoms. The third-order valence-electron chi connectivity index (χ3n) is 1.51. The van der Waals surface area contributed by atoms with E-state index in [0.717, 1.165) is 0 Å². The lowest BCUT2D eigenvalue weighted by molar-refractivity contribution is -0.0383. The first-order chi connectivity index (χ1) is 5.54. The van der Waals surface area contributed by atoms with Crippen LogP contribution in [0.2, 0.25) is 0 Å². The fourth-order valence-electron chi connectivity index (χ4n) is 0.671. The normalized spacial score (nSPS) is 21.5. The Hall–Kier alpha value is 0.150. The van der Waals surface area contributed by atoms with Gasteiger partial charge in [0.1, 0.15) is 6.10 Å². The van der Waals surface area contributed by atoms with Crippen molar-refractivity contribution in [1.82, 2.24) is 0 Å². The quantitative estimate of drug-likeness (QED) is 0.271. The molecule has 4 atom stereocenters. The third-order valence-corrected chi connectivity index (χ3v) is 2.16. The van der Waals surface area contributed by atoms with Gasteiger partial charge < -0.3 is 25.5 Å². The number of thiol groups is 1. The Labute approximate surface area is 75.7 Å². The van der Waals surface area contributed by atoms with E-state index in [9.17, 15) is 0 Å². The van der Waals surface area contributed by atoms with Gasteiger partial charge in [-0.15, -0.1) is 0 Å². The van der Waals surface area contributed by atoms with Crippen molar-refractivity contribution in [1.29, 1.82) is 0 Å². The van der Waals surface area contributed by atoms with Gasteiger partial charge in [0.25, 0.3) is 0 Å². The minimum Gasteiger partial charge on any atom is -0.394 e. The molecule has 0 amide bonds. The summed E-state index contributed by atoms with van der Waals surface area (Å²) in [5.74, 6) is 0. The second-order valence-corrected chi connectivity index (χ2v) is 3.08. The topological polar surface area (TPSA) is 101 Å². The Morgan fingerprint density at radius 3 is 1.67 bits per heavy atom. The Morgan fingerprint density at radius 1 is 0.917 bits per heavy atom. The van der Waals surface area contributed by atoms with Crippen LogP contribution in [0.15, 0.2) is 0 Å². The molecular weight excluding hydrogens is 184 g/mol. The number of aliphatic hydroxyl groups excluding tert-OH is 5. The van der Waals surface area contributed by atoms with Gasteiger partial charge in [-0.1, -0.05) is 0 Å². The van der Waals surface area contributed by atoms with E-state index in [1.54, 1.807) is 0 Å². The van der Waals surface area contributed by atoms with Gasteiger partial charge in [0.2, 0.25) is 0 Å². The number of rotatable bonds is 5. The summed E-state index contributed by atoms with van der Waals surface area (Å²) in [4.78, 5) is 0. The number of hydrogen-bond acceptors (Lipinski definition) is 6. The van der Waals surface area contributed by atoms with Crippen LogP contribution < -0.4 is 0 Å². The molecule has 0 bridgehead atoms. The molecule has 0 aromatic heterocycles. The van der Waals surface area contributed by atoms with Crippen LogP contribution in [0, 0.1) is 0 Å². The molecule has 6 heteroatoms. The van der Waals surface area contributed by atoms with Gasteiger partial charge >= 0.3 is 0 Å². The maximum Gasteiger partial charge on any atom is 0.104 e. The first kappa shape index (κ1) is 12.2. The first-order valence-corrected chi connectivity index (χ1v) is 4.00. The van der Waals surface area contributed by atoms with Crippen LogP contribution in [0.4, 0.5) is 0 Å². The zero-order valence-corrected chi connectivity index (χ0v) is 7.30. The summed E-state index contributed by atoms with van der Waals surface area (Å²) < 4.78 is 0. The van der Waals surface area contributed by atoms with Gasteiger partial charge in [-0.25, -0.2) is 0 Å². The van der Waals surface area contributed by atoms with Gasteiger partial charge in [0.15, 0.2) is 0 Å². The van der Waals surface area contributed by atoms with Crippen LogP contribution in [0.5, 0.6) is 0 Å². The zero-order chi connectivity index (χ0) is 9.72. The van der Waals surface area contributed by atoms with E-state index in [0.29, 0.717) is 0 Å². The second-order valence-electron chi connectivity index (χ2n) is 2.48. The zero-order valence-electron chi connectivity index (χ0n) is 6.41. The summed E-state index contributed by atoms with van der Waals surface area (Å²) >= 11 is 3.76. The smallest absolute Gasteiger partial charge is 0.104 e. The van der Waals surface area contributed by atoms with E-state index in [1.807, 2.05) is 0 Å². The Morgan fingerprint density at radius 2 is 1.33 bits per heavy atom. The van der Waals surface area contributed by atoms with Gasteiger partial charge in [0.05, 0.1) is 30.7 Å². The minimum absolute atomic E-state index is 0.552. The fourth-order valence-corrected chi connectivity index (χ4v) is 0.964. The molecule has 0 aromatic carbocycles. The molecule has 74 valence electrons. The fraction of sp³-hybridized carbons (Fsp3) is 1.00. The van der Waals surface area contributed by atoms with Crippen molar-refractivity contribution in [3.8, 4) is 0 Å². The van der Waals surface area contributed by atoms with E-state index in [-0.39, 0.29) is 0 Å². The molecule has 5 N–H and O–H groups in total. The lowest BCUT2D eigenvalue weighted by Gasteiger charge is -2.24. The SMILES string of the molecule is OC[C@@H](O)[C@@H](O)[C@@H](S)[C@H](O)CO. The highest BCUT2D eigenvalue weighted by atomic mass is 32.1. The summed E-state index contributed by atoms with van der Waals surface area (Å²) in [6.07, 6.45) is -3.93. The monoisotopic (exact) mass is 198 g/mol. The maximum atomic E-state index is 9.13. The molecule has 0 spiro atoms. The maximum absolute atomic E-state index is 9.13. The molecule has 0 radical (unpaired) electrons.